The summed E-state index contributed by atoms with van der Waals surface area (Å²) in [7, 11) is 0. The highest BCUT2D eigenvalue weighted by atomic mass is 19.1. The van der Waals surface area contributed by atoms with Crippen molar-refractivity contribution in [3.63, 3.8) is 0 Å². The highest BCUT2D eigenvalue weighted by Gasteiger charge is 2.23. The van der Waals surface area contributed by atoms with Gasteiger partial charge in [0.1, 0.15) is 17.3 Å². The maximum Gasteiger partial charge on any atom is 0.135 e. The molecular formula is C27H26F2N6. The predicted molar refractivity (Wildman–Crippen MR) is 129 cm³/mol. The van der Waals surface area contributed by atoms with E-state index in [4.69, 9.17) is 10.2 Å². The molecule has 0 amide bonds. The number of hydrogen-bond donors (Lipinski definition) is 0. The Morgan fingerprint density at radius 3 is 2.43 bits per heavy atom. The molecule has 0 aliphatic rings. The summed E-state index contributed by atoms with van der Waals surface area (Å²) in [6, 6.07) is 15.2. The number of nitriles is 1. The molecule has 0 radical (unpaired) electrons. The fourth-order valence-electron chi connectivity index (χ4n) is 3.99. The fourth-order valence-corrected chi connectivity index (χ4v) is 3.99. The molecule has 4 rings (SSSR count). The number of aromatic nitrogens is 5. The van der Waals surface area contributed by atoms with Crippen molar-refractivity contribution in [2.45, 2.75) is 52.0 Å². The van der Waals surface area contributed by atoms with Crippen LogP contribution in [0.15, 0.2) is 54.7 Å². The monoisotopic (exact) mass is 472 g/mol. The van der Waals surface area contributed by atoms with E-state index in [9.17, 15) is 8.78 Å². The van der Waals surface area contributed by atoms with Gasteiger partial charge in [0.05, 0.1) is 41.7 Å². The molecule has 0 bridgehead atoms. The summed E-state index contributed by atoms with van der Waals surface area (Å²) in [5, 5.41) is 22.0. The van der Waals surface area contributed by atoms with Gasteiger partial charge in [0, 0.05) is 17.8 Å². The zero-order chi connectivity index (χ0) is 24.9. The molecule has 0 saturated heterocycles. The van der Waals surface area contributed by atoms with Gasteiger partial charge in [-0.2, -0.15) is 20.6 Å². The van der Waals surface area contributed by atoms with Crippen molar-refractivity contribution >= 4 is 0 Å². The van der Waals surface area contributed by atoms with Gasteiger partial charge >= 0.3 is 0 Å². The molecule has 4 aromatic rings. The molecule has 6 nitrogen and oxygen atoms in total. The number of nitrogens with zero attached hydrogens (tertiary/aromatic N) is 6. The first-order valence-electron chi connectivity index (χ1n) is 11.6. The summed E-state index contributed by atoms with van der Waals surface area (Å²) in [4.78, 5) is 4.82. The summed E-state index contributed by atoms with van der Waals surface area (Å²) >= 11 is 0. The number of halogens is 2. The normalized spacial score (nSPS) is 12.8. The lowest BCUT2D eigenvalue weighted by molar-refractivity contribution is 0.587. The number of rotatable bonds is 8. The highest BCUT2D eigenvalue weighted by Crippen LogP contribution is 2.34. The van der Waals surface area contributed by atoms with E-state index in [0.717, 1.165) is 29.1 Å². The van der Waals surface area contributed by atoms with Crippen molar-refractivity contribution in [2.24, 2.45) is 0 Å². The molecule has 0 N–H and O–H groups in total. The summed E-state index contributed by atoms with van der Waals surface area (Å²) in [6.07, 6.45) is 3.05. The zero-order valence-electron chi connectivity index (χ0n) is 19.9. The van der Waals surface area contributed by atoms with Crippen molar-refractivity contribution in [3.8, 4) is 28.7 Å². The van der Waals surface area contributed by atoms with Crippen LogP contribution in [0, 0.1) is 23.0 Å². The Morgan fingerprint density at radius 2 is 1.71 bits per heavy atom. The van der Waals surface area contributed by atoms with Crippen molar-refractivity contribution in [1.82, 2.24) is 25.0 Å². The molecule has 2 atom stereocenters. The maximum absolute atomic E-state index is 14.4. The van der Waals surface area contributed by atoms with Gasteiger partial charge in [0.25, 0.3) is 0 Å². The van der Waals surface area contributed by atoms with Crippen LogP contribution in [0.1, 0.15) is 62.4 Å². The van der Waals surface area contributed by atoms with Crippen LogP contribution >= 0.6 is 0 Å². The Morgan fingerprint density at radius 1 is 0.971 bits per heavy atom. The lowest BCUT2D eigenvalue weighted by atomic mass is 9.89. The van der Waals surface area contributed by atoms with E-state index in [-0.39, 0.29) is 23.1 Å². The van der Waals surface area contributed by atoms with Gasteiger partial charge in [-0.15, -0.1) is 0 Å². The molecule has 0 saturated carbocycles. The Kier molecular flexibility index (Phi) is 7.25. The molecule has 3 heterocycles. The minimum Gasteiger partial charge on any atom is -0.271 e. The summed E-state index contributed by atoms with van der Waals surface area (Å²) < 4.78 is 30.5. The average Bonchev–Trinajstić information content (AvgIpc) is 3.35. The Balaban J connectivity index is 1.71. The fraction of sp³-hybridized carbons (Fsp3) is 0.296. The summed E-state index contributed by atoms with van der Waals surface area (Å²) in [5.74, 6) is -1.43. The van der Waals surface area contributed by atoms with Crippen LogP contribution in [-0.4, -0.2) is 25.0 Å². The predicted octanol–water partition coefficient (Wildman–Crippen LogP) is 6.26. The van der Waals surface area contributed by atoms with E-state index in [2.05, 4.69) is 35.2 Å². The van der Waals surface area contributed by atoms with Crippen LogP contribution in [0.2, 0.25) is 0 Å². The van der Waals surface area contributed by atoms with Gasteiger partial charge in [-0.1, -0.05) is 32.9 Å². The lowest BCUT2D eigenvalue weighted by Crippen LogP contribution is -2.11. The topological polar surface area (TPSA) is 80.3 Å². The van der Waals surface area contributed by atoms with Crippen LogP contribution in [-0.2, 0) is 6.54 Å². The SMILES string of the molecule is CC[C@H](C)c1cc(-c2c(F)cccc2F)nnc1C(C)c1cccc(-c2ccn(CCC#N)n2)n1. The van der Waals surface area contributed by atoms with Gasteiger partial charge in [-0.05, 0) is 54.3 Å². The average molecular weight is 473 g/mol. The van der Waals surface area contributed by atoms with Crippen LogP contribution < -0.4 is 0 Å². The van der Waals surface area contributed by atoms with Crippen LogP contribution in [0.4, 0.5) is 8.78 Å². The molecule has 0 aliphatic carbocycles. The van der Waals surface area contributed by atoms with Crippen LogP contribution in [0.3, 0.4) is 0 Å². The summed E-state index contributed by atoms with van der Waals surface area (Å²) in [5.41, 5.74) is 3.85. The Hall–Kier alpha value is -3.99. The minimum atomic E-state index is -0.668. The molecule has 8 heteroatoms. The molecule has 0 fully saturated rings. The van der Waals surface area contributed by atoms with Gasteiger partial charge in [-0.25, -0.2) is 8.78 Å². The van der Waals surface area contributed by atoms with Gasteiger partial charge in [0.15, 0.2) is 0 Å². The maximum atomic E-state index is 14.4. The van der Waals surface area contributed by atoms with E-state index >= 15 is 0 Å². The smallest absolute Gasteiger partial charge is 0.135 e. The van der Waals surface area contributed by atoms with Crippen molar-refractivity contribution in [2.75, 3.05) is 0 Å². The molecule has 1 unspecified atom stereocenters. The summed E-state index contributed by atoms with van der Waals surface area (Å²) in [6.45, 7) is 6.64. The largest absolute Gasteiger partial charge is 0.271 e. The van der Waals surface area contributed by atoms with Gasteiger partial charge < -0.3 is 0 Å². The van der Waals surface area contributed by atoms with E-state index in [1.54, 1.807) is 10.7 Å². The second kappa shape index (κ2) is 10.5. The molecule has 0 spiro atoms. The first-order valence-corrected chi connectivity index (χ1v) is 11.6. The number of pyridine rings is 1. The second-order valence-corrected chi connectivity index (χ2v) is 8.52. The standard InChI is InChI=1S/C27H26F2N6/c1-4-17(2)19-16-25(26-20(28)8-5-9-21(26)29)32-33-27(19)18(3)22-10-6-11-23(31-22)24-12-15-35(34-24)14-7-13-30/h5-6,8-12,15-18H,4,7,14H2,1-3H3/t17-,18?/m0/s1. The van der Waals surface area contributed by atoms with Crippen LogP contribution in [0.5, 0.6) is 0 Å². The van der Waals surface area contributed by atoms with Crippen molar-refractivity contribution in [3.05, 3.63) is 83.3 Å². The van der Waals surface area contributed by atoms with E-state index < -0.39 is 11.6 Å². The highest BCUT2D eigenvalue weighted by molar-refractivity contribution is 5.62. The third-order valence-electron chi connectivity index (χ3n) is 6.20. The Labute approximate surface area is 203 Å². The zero-order valence-corrected chi connectivity index (χ0v) is 19.9. The first kappa shape index (κ1) is 24.1. The number of benzene rings is 1. The van der Waals surface area contributed by atoms with Crippen LogP contribution in [0.25, 0.3) is 22.6 Å². The molecule has 178 valence electrons. The lowest BCUT2D eigenvalue weighted by Gasteiger charge is -2.19. The molecule has 1 aromatic carbocycles. The first-order chi connectivity index (χ1) is 16.9. The van der Waals surface area contributed by atoms with Gasteiger partial charge in [-0.3, -0.25) is 9.67 Å². The minimum absolute atomic E-state index is 0.107. The van der Waals surface area contributed by atoms with E-state index in [0.29, 0.717) is 18.7 Å². The third-order valence-corrected chi connectivity index (χ3v) is 6.20. The Bertz CT molecular complexity index is 1350. The number of hydrogen-bond acceptors (Lipinski definition) is 5. The van der Waals surface area contributed by atoms with E-state index in [1.807, 2.05) is 37.4 Å². The molecule has 35 heavy (non-hydrogen) atoms. The third kappa shape index (κ3) is 5.09. The van der Waals surface area contributed by atoms with Crippen molar-refractivity contribution < 1.29 is 8.78 Å². The number of aryl methyl sites for hydroxylation is 1. The molecule has 3 aromatic heterocycles. The van der Waals surface area contributed by atoms with E-state index in [1.165, 1.54) is 18.2 Å². The van der Waals surface area contributed by atoms with Gasteiger partial charge in [0.2, 0.25) is 0 Å². The quantitative estimate of drug-likeness (QED) is 0.302. The molecular weight excluding hydrogens is 446 g/mol. The van der Waals surface area contributed by atoms with Crippen molar-refractivity contribution in [1.29, 1.82) is 5.26 Å². The molecule has 0 aliphatic heterocycles. The second-order valence-electron chi connectivity index (χ2n) is 8.52.